The average Bonchev–Trinajstić information content (AvgIpc) is 3.23. The monoisotopic (exact) mass is 280 g/mol. The Labute approximate surface area is 120 Å². The smallest absolute Gasteiger partial charge is 0.136 e. The minimum Gasteiger partial charge on any atom is -0.373 e. The van der Waals surface area contributed by atoms with Gasteiger partial charge in [-0.15, -0.1) is 0 Å². The first-order valence-corrected chi connectivity index (χ1v) is 8.29. The zero-order chi connectivity index (χ0) is 13.7. The average molecular weight is 280 g/mol. The molecule has 0 aliphatic heterocycles. The quantitative estimate of drug-likeness (QED) is 0.715. The van der Waals surface area contributed by atoms with Crippen LogP contribution in [0.3, 0.4) is 0 Å². The van der Waals surface area contributed by atoms with Gasteiger partial charge in [0.05, 0.1) is 0 Å². The van der Waals surface area contributed by atoms with Crippen LogP contribution < -0.4 is 10.6 Å². The van der Waals surface area contributed by atoms with Gasteiger partial charge in [0.1, 0.15) is 17.5 Å². The maximum absolute atomic E-state index is 4.64. The number of nitrogens with zero attached hydrogens (tertiary/aromatic N) is 2. The SMILES string of the molecule is CCSCCC(C)Nc1cc(NC)nc(C2CC2)n1. The van der Waals surface area contributed by atoms with Crippen molar-refractivity contribution in [3.05, 3.63) is 11.9 Å². The van der Waals surface area contributed by atoms with E-state index in [9.17, 15) is 0 Å². The summed E-state index contributed by atoms with van der Waals surface area (Å²) in [6.07, 6.45) is 3.63. The van der Waals surface area contributed by atoms with E-state index in [1.54, 1.807) is 0 Å². The van der Waals surface area contributed by atoms with Crippen molar-refractivity contribution in [2.24, 2.45) is 0 Å². The third kappa shape index (κ3) is 4.56. The number of rotatable bonds is 8. The highest BCUT2D eigenvalue weighted by Crippen LogP contribution is 2.38. The minimum absolute atomic E-state index is 0.450. The van der Waals surface area contributed by atoms with Gasteiger partial charge in [0.2, 0.25) is 0 Å². The van der Waals surface area contributed by atoms with Crippen LogP contribution in [0.2, 0.25) is 0 Å². The molecule has 2 N–H and O–H groups in total. The van der Waals surface area contributed by atoms with E-state index in [0.717, 1.165) is 23.9 Å². The van der Waals surface area contributed by atoms with Gasteiger partial charge in [-0.05, 0) is 37.7 Å². The summed E-state index contributed by atoms with van der Waals surface area (Å²) in [6.45, 7) is 4.42. The summed E-state index contributed by atoms with van der Waals surface area (Å²) in [5.41, 5.74) is 0. The van der Waals surface area contributed by atoms with Crippen LogP contribution in [-0.4, -0.2) is 34.6 Å². The fourth-order valence-corrected chi connectivity index (χ4v) is 2.73. The third-order valence-corrected chi connectivity index (χ3v) is 4.17. The van der Waals surface area contributed by atoms with Crippen LogP contribution >= 0.6 is 11.8 Å². The van der Waals surface area contributed by atoms with Gasteiger partial charge < -0.3 is 10.6 Å². The van der Waals surface area contributed by atoms with Gasteiger partial charge in [0.15, 0.2) is 0 Å². The molecule has 1 fully saturated rings. The molecule has 1 aliphatic rings. The van der Waals surface area contributed by atoms with Crippen LogP contribution in [0, 0.1) is 0 Å². The summed E-state index contributed by atoms with van der Waals surface area (Å²) < 4.78 is 0. The molecule has 19 heavy (non-hydrogen) atoms. The molecule has 0 aromatic carbocycles. The molecule has 1 aliphatic carbocycles. The van der Waals surface area contributed by atoms with Crippen LogP contribution in [0.5, 0.6) is 0 Å². The van der Waals surface area contributed by atoms with Crippen molar-refractivity contribution < 1.29 is 0 Å². The third-order valence-electron chi connectivity index (χ3n) is 3.24. The lowest BCUT2D eigenvalue weighted by Crippen LogP contribution is -2.18. The molecule has 1 saturated carbocycles. The fourth-order valence-electron chi connectivity index (χ4n) is 1.92. The molecule has 0 spiro atoms. The van der Waals surface area contributed by atoms with Gasteiger partial charge in [-0.1, -0.05) is 6.92 Å². The van der Waals surface area contributed by atoms with E-state index in [1.807, 2.05) is 24.9 Å². The Kier molecular flexibility index (Phi) is 5.31. The van der Waals surface area contributed by atoms with Crippen LogP contribution in [-0.2, 0) is 0 Å². The van der Waals surface area contributed by atoms with Crippen molar-refractivity contribution in [1.82, 2.24) is 9.97 Å². The molecule has 5 heteroatoms. The van der Waals surface area contributed by atoms with Crippen molar-refractivity contribution >= 4 is 23.4 Å². The minimum atomic E-state index is 0.450. The highest BCUT2D eigenvalue weighted by atomic mass is 32.2. The Morgan fingerprint density at radius 2 is 2.11 bits per heavy atom. The fraction of sp³-hybridized carbons (Fsp3) is 0.714. The highest BCUT2D eigenvalue weighted by molar-refractivity contribution is 7.99. The summed E-state index contributed by atoms with van der Waals surface area (Å²) >= 11 is 1.99. The van der Waals surface area contributed by atoms with Gasteiger partial charge in [-0.3, -0.25) is 0 Å². The summed E-state index contributed by atoms with van der Waals surface area (Å²) in [4.78, 5) is 9.17. The lowest BCUT2D eigenvalue weighted by atomic mass is 10.2. The molecule has 1 aromatic heterocycles. The predicted molar refractivity (Wildman–Crippen MR) is 84.3 cm³/mol. The first-order chi connectivity index (χ1) is 9.22. The van der Waals surface area contributed by atoms with E-state index < -0.39 is 0 Å². The van der Waals surface area contributed by atoms with E-state index in [0.29, 0.717) is 12.0 Å². The van der Waals surface area contributed by atoms with Crippen LogP contribution in [0.1, 0.15) is 44.9 Å². The number of anilines is 2. The summed E-state index contributed by atoms with van der Waals surface area (Å²) in [5, 5.41) is 6.61. The topological polar surface area (TPSA) is 49.8 Å². The zero-order valence-corrected chi connectivity index (χ0v) is 12.9. The van der Waals surface area contributed by atoms with Crippen molar-refractivity contribution in [3.63, 3.8) is 0 Å². The number of hydrogen-bond donors (Lipinski definition) is 2. The normalized spacial score (nSPS) is 16.2. The number of thioether (sulfide) groups is 1. The van der Waals surface area contributed by atoms with Gasteiger partial charge in [-0.25, -0.2) is 9.97 Å². The molecule has 1 unspecified atom stereocenters. The van der Waals surface area contributed by atoms with E-state index in [-0.39, 0.29) is 0 Å². The second-order valence-electron chi connectivity index (χ2n) is 5.05. The first kappa shape index (κ1) is 14.4. The van der Waals surface area contributed by atoms with Crippen molar-refractivity contribution in [2.45, 2.75) is 45.1 Å². The second-order valence-corrected chi connectivity index (χ2v) is 6.45. The Hall–Kier alpha value is -0.970. The van der Waals surface area contributed by atoms with Crippen LogP contribution in [0.4, 0.5) is 11.6 Å². The van der Waals surface area contributed by atoms with E-state index in [4.69, 9.17) is 0 Å². The first-order valence-electron chi connectivity index (χ1n) is 7.14. The molecule has 0 radical (unpaired) electrons. The molecule has 4 nitrogen and oxygen atoms in total. The molecule has 1 heterocycles. The van der Waals surface area contributed by atoms with Gasteiger partial charge in [-0.2, -0.15) is 11.8 Å². The number of hydrogen-bond acceptors (Lipinski definition) is 5. The molecule has 0 saturated heterocycles. The lowest BCUT2D eigenvalue weighted by molar-refractivity contribution is 0.762. The van der Waals surface area contributed by atoms with Crippen molar-refractivity contribution in [1.29, 1.82) is 0 Å². The predicted octanol–water partition coefficient (Wildman–Crippen LogP) is 3.34. The summed E-state index contributed by atoms with van der Waals surface area (Å²) in [6, 6.07) is 2.45. The number of aromatic nitrogens is 2. The van der Waals surface area contributed by atoms with E-state index in [1.165, 1.54) is 24.3 Å². The lowest BCUT2D eigenvalue weighted by Gasteiger charge is -2.15. The van der Waals surface area contributed by atoms with Gasteiger partial charge in [0, 0.05) is 25.1 Å². The zero-order valence-electron chi connectivity index (χ0n) is 12.1. The Balaban J connectivity index is 1.96. The maximum Gasteiger partial charge on any atom is 0.136 e. The van der Waals surface area contributed by atoms with Crippen molar-refractivity contribution in [3.8, 4) is 0 Å². The second kappa shape index (κ2) is 6.98. The highest BCUT2D eigenvalue weighted by Gasteiger charge is 2.27. The molecule has 1 atom stereocenters. The van der Waals surface area contributed by atoms with E-state index >= 15 is 0 Å². The van der Waals surface area contributed by atoms with Crippen molar-refractivity contribution in [2.75, 3.05) is 29.2 Å². The molecular formula is C14H24N4S. The number of nitrogens with one attached hydrogen (secondary N) is 2. The standard InChI is InChI=1S/C14H24N4S/c1-4-19-8-7-10(2)16-13-9-12(15-3)17-14(18-13)11-5-6-11/h9-11H,4-8H2,1-3H3,(H2,15,16,17,18). The van der Waals surface area contributed by atoms with Gasteiger partial charge >= 0.3 is 0 Å². The van der Waals surface area contributed by atoms with E-state index in [2.05, 4.69) is 34.4 Å². The largest absolute Gasteiger partial charge is 0.373 e. The molecule has 0 bridgehead atoms. The summed E-state index contributed by atoms with van der Waals surface area (Å²) in [7, 11) is 1.91. The Morgan fingerprint density at radius 1 is 1.37 bits per heavy atom. The molecule has 1 aromatic rings. The van der Waals surface area contributed by atoms with Gasteiger partial charge in [0.25, 0.3) is 0 Å². The van der Waals surface area contributed by atoms with Crippen LogP contribution in [0.25, 0.3) is 0 Å². The Bertz CT molecular complexity index is 406. The molecule has 2 rings (SSSR count). The molecular weight excluding hydrogens is 256 g/mol. The molecule has 0 amide bonds. The molecule has 106 valence electrons. The summed E-state index contributed by atoms with van der Waals surface area (Å²) in [5.74, 6) is 5.83. The van der Waals surface area contributed by atoms with Crippen LogP contribution in [0.15, 0.2) is 6.07 Å². The Morgan fingerprint density at radius 3 is 2.74 bits per heavy atom. The maximum atomic E-state index is 4.64.